The minimum Gasteiger partial charge on any atom is -0.284 e. The Morgan fingerprint density at radius 3 is 1.27 bits per heavy atom. The Labute approximate surface area is 229 Å². The van der Waals surface area contributed by atoms with E-state index in [0.717, 1.165) is 12.1 Å². The largest absolute Gasteiger partial charge is 0.291 e. The fraction of sp³-hybridized carbons (Fsp3) is 0.182. The highest BCUT2D eigenvalue weighted by Gasteiger charge is 2.43. The third-order valence-corrected chi connectivity index (χ3v) is 12.5. The minimum absolute atomic E-state index is 0.0571. The zero-order valence-electron chi connectivity index (χ0n) is 20.0. The highest BCUT2D eigenvalue weighted by Crippen LogP contribution is 2.35. The molecular formula is C22H20N2O12S4. The molecule has 14 nitrogen and oxygen atoms in total. The average Bonchev–Trinajstić information content (AvgIpc) is 2.85. The summed E-state index contributed by atoms with van der Waals surface area (Å²) in [6.07, 6.45) is 2.55. The maximum Gasteiger partial charge on any atom is 0.291 e. The van der Waals surface area contributed by atoms with Crippen molar-refractivity contribution in [1.29, 1.82) is 0 Å². The summed E-state index contributed by atoms with van der Waals surface area (Å²) < 4.78 is 123. The lowest BCUT2D eigenvalue weighted by molar-refractivity contribution is 0.223. The van der Waals surface area contributed by atoms with Gasteiger partial charge < -0.3 is 0 Å². The lowest BCUT2D eigenvalue weighted by atomic mass is 10.1. The number of aromatic nitrogens is 2. The van der Waals surface area contributed by atoms with Crippen LogP contribution in [0.25, 0.3) is 21.8 Å². The molecule has 2 aromatic carbocycles. The lowest BCUT2D eigenvalue weighted by Gasteiger charge is -2.18. The smallest absolute Gasteiger partial charge is 0.284 e. The van der Waals surface area contributed by atoms with Crippen molar-refractivity contribution < 1.29 is 51.1 Å². The van der Waals surface area contributed by atoms with Gasteiger partial charge in [-0.3, -0.25) is 27.4 Å². The first-order valence-electron chi connectivity index (χ1n) is 11.0. The van der Waals surface area contributed by atoms with Gasteiger partial charge in [-0.25, -0.2) is 0 Å². The van der Waals surface area contributed by atoms with Gasteiger partial charge in [0, 0.05) is 34.3 Å². The second-order valence-corrected chi connectivity index (χ2v) is 15.2. The zero-order chi connectivity index (χ0) is 29.3. The van der Waals surface area contributed by atoms with Gasteiger partial charge in [-0.1, -0.05) is 48.5 Å². The SMILES string of the molecule is O=S(=O)(O)C(c1cccc2cccnc12)S(=O)(=O)OCCOS(=O)(=O)C(c1cccc2cccnc12)S(=O)(=O)O. The van der Waals surface area contributed by atoms with E-state index < -0.39 is 74.0 Å². The first-order valence-corrected chi connectivity index (χ1v) is 16.9. The van der Waals surface area contributed by atoms with E-state index in [1.54, 1.807) is 0 Å². The van der Waals surface area contributed by atoms with Crippen LogP contribution in [0.1, 0.15) is 20.3 Å². The van der Waals surface area contributed by atoms with Crippen molar-refractivity contribution in [3.05, 3.63) is 84.2 Å². The molecule has 0 fully saturated rings. The highest BCUT2D eigenvalue weighted by molar-refractivity contribution is 8.04. The Morgan fingerprint density at radius 1 is 0.575 bits per heavy atom. The van der Waals surface area contributed by atoms with Gasteiger partial charge in [0.15, 0.2) is 0 Å². The maximum absolute atomic E-state index is 12.9. The number of para-hydroxylation sites is 2. The second kappa shape index (κ2) is 11.1. The Hall–Kier alpha value is -3.10. The Bertz CT molecular complexity index is 1860. The summed E-state index contributed by atoms with van der Waals surface area (Å²) in [6.45, 7) is -2.23. The van der Waals surface area contributed by atoms with Crippen LogP contribution in [0.2, 0.25) is 0 Å². The van der Waals surface area contributed by atoms with Crippen LogP contribution < -0.4 is 0 Å². The number of hydrogen-bond acceptors (Lipinski definition) is 12. The van der Waals surface area contributed by atoms with Gasteiger partial charge in [0.1, 0.15) is 0 Å². The van der Waals surface area contributed by atoms with Crippen molar-refractivity contribution in [1.82, 2.24) is 9.97 Å². The first-order chi connectivity index (χ1) is 18.6. The number of benzene rings is 2. The van der Waals surface area contributed by atoms with Crippen molar-refractivity contribution in [3.8, 4) is 0 Å². The molecular weight excluding hydrogens is 613 g/mol. The maximum atomic E-state index is 12.9. The molecule has 2 unspecified atom stereocenters. The van der Waals surface area contributed by atoms with E-state index in [-0.39, 0.29) is 11.0 Å². The fourth-order valence-electron chi connectivity index (χ4n) is 3.99. The molecule has 0 amide bonds. The van der Waals surface area contributed by atoms with Gasteiger partial charge in [0.25, 0.3) is 40.5 Å². The van der Waals surface area contributed by atoms with Crippen molar-refractivity contribution in [2.75, 3.05) is 13.2 Å². The van der Waals surface area contributed by atoms with Crippen LogP contribution in [0.3, 0.4) is 0 Å². The van der Waals surface area contributed by atoms with E-state index in [0.29, 0.717) is 10.8 Å². The molecule has 2 N–H and O–H groups in total. The van der Waals surface area contributed by atoms with Crippen molar-refractivity contribution in [3.63, 3.8) is 0 Å². The number of fused-ring (bicyclic) bond motifs is 2. The van der Waals surface area contributed by atoms with Gasteiger partial charge in [-0.05, 0) is 12.1 Å². The molecule has 2 heterocycles. The zero-order valence-corrected chi connectivity index (χ0v) is 23.3. The lowest BCUT2D eigenvalue weighted by Crippen LogP contribution is -2.28. The van der Waals surface area contributed by atoms with E-state index in [1.807, 2.05) is 0 Å². The summed E-state index contributed by atoms with van der Waals surface area (Å²) in [5.74, 6) is 0. The topological polar surface area (TPSA) is 221 Å². The summed E-state index contributed by atoms with van der Waals surface area (Å²) in [5.41, 5.74) is -0.968. The number of nitrogens with zero attached hydrogens (tertiary/aromatic N) is 2. The van der Waals surface area contributed by atoms with E-state index in [4.69, 9.17) is 0 Å². The molecule has 2 atom stereocenters. The summed E-state index contributed by atoms with van der Waals surface area (Å²) in [6, 6.07) is 14.0. The van der Waals surface area contributed by atoms with Crippen LogP contribution in [-0.2, 0) is 48.8 Å². The number of hydrogen-bond donors (Lipinski definition) is 2. The molecule has 4 aromatic rings. The predicted molar refractivity (Wildman–Crippen MR) is 142 cm³/mol. The average molecular weight is 633 g/mol. The molecule has 0 aliphatic carbocycles. The minimum atomic E-state index is -5.35. The van der Waals surface area contributed by atoms with Gasteiger partial charge >= 0.3 is 0 Å². The van der Waals surface area contributed by atoms with Crippen LogP contribution in [0.4, 0.5) is 0 Å². The molecule has 0 saturated heterocycles. The van der Waals surface area contributed by atoms with Crippen molar-refractivity contribution >= 4 is 62.3 Å². The quantitative estimate of drug-likeness (QED) is 0.137. The molecule has 214 valence electrons. The molecule has 4 rings (SSSR count). The standard InChI is InChI=1S/C22H20N2O12S4/c25-37(26,27)21(17-9-1-5-15-7-3-11-23-19(15)17)39(31,32)35-13-14-36-40(33,34)22(38(28,29)30)18-10-2-6-16-8-4-12-24-20(16)18/h1-12,21-22H,13-14H2,(H,25,26,27)(H,28,29,30). The van der Waals surface area contributed by atoms with Crippen LogP contribution in [-0.4, -0.2) is 66.0 Å². The monoisotopic (exact) mass is 632 g/mol. The number of rotatable bonds is 11. The van der Waals surface area contributed by atoms with Gasteiger partial charge in [-0.15, -0.1) is 0 Å². The van der Waals surface area contributed by atoms with Crippen LogP contribution >= 0.6 is 0 Å². The highest BCUT2D eigenvalue weighted by atomic mass is 32.3. The van der Waals surface area contributed by atoms with E-state index >= 15 is 0 Å². The molecule has 40 heavy (non-hydrogen) atoms. The molecule has 0 aliphatic rings. The molecule has 0 bridgehead atoms. The molecule has 2 aromatic heterocycles. The van der Waals surface area contributed by atoms with Gasteiger partial charge in [-0.2, -0.15) is 33.7 Å². The van der Waals surface area contributed by atoms with Crippen LogP contribution in [0.15, 0.2) is 73.1 Å². The molecule has 18 heteroatoms. The summed E-state index contributed by atoms with van der Waals surface area (Å²) in [7, 11) is -21.1. The normalized spacial score (nSPS) is 14.8. The molecule has 0 radical (unpaired) electrons. The second-order valence-electron chi connectivity index (χ2n) is 8.17. The van der Waals surface area contributed by atoms with E-state index in [1.165, 1.54) is 60.9 Å². The summed E-state index contributed by atoms with van der Waals surface area (Å²) in [4.78, 5) is 7.93. The van der Waals surface area contributed by atoms with E-state index in [9.17, 15) is 42.8 Å². The summed E-state index contributed by atoms with van der Waals surface area (Å²) in [5, 5.41) is 0.718. The molecule has 0 aliphatic heterocycles. The Morgan fingerprint density at radius 2 is 0.925 bits per heavy atom. The summed E-state index contributed by atoms with van der Waals surface area (Å²) >= 11 is 0. The van der Waals surface area contributed by atoms with Crippen molar-refractivity contribution in [2.24, 2.45) is 0 Å². The fourth-order valence-corrected chi connectivity index (χ4v) is 9.58. The Balaban J connectivity index is 1.58. The molecule has 0 spiro atoms. The number of pyridine rings is 2. The van der Waals surface area contributed by atoms with Crippen LogP contribution in [0.5, 0.6) is 0 Å². The van der Waals surface area contributed by atoms with Crippen LogP contribution in [0, 0.1) is 0 Å². The van der Waals surface area contributed by atoms with Gasteiger partial charge in [0.05, 0.1) is 24.2 Å². The predicted octanol–water partition coefficient (Wildman–Crippen LogP) is 1.95. The third kappa shape index (κ3) is 6.28. The van der Waals surface area contributed by atoms with Crippen molar-refractivity contribution in [2.45, 2.75) is 9.16 Å². The van der Waals surface area contributed by atoms with Gasteiger partial charge in [0.2, 0.25) is 9.16 Å². The molecule has 0 saturated carbocycles. The Kier molecular flexibility index (Phi) is 8.25. The van der Waals surface area contributed by atoms with E-state index in [2.05, 4.69) is 18.3 Å². The third-order valence-electron chi connectivity index (χ3n) is 5.48. The first kappa shape index (κ1) is 29.9.